The summed E-state index contributed by atoms with van der Waals surface area (Å²) in [4.78, 5) is 22.4. The van der Waals surface area contributed by atoms with E-state index < -0.39 is 25.0 Å². The second-order valence-electron chi connectivity index (χ2n) is 4.11. The summed E-state index contributed by atoms with van der Waals surface area (Å²) in [6.07, 6.45) is 0. The standard InChI is InChI=1S/C11H12BNO5/c1-6(11(15)16)13-10(14)7-2-3-8-5-18-12(17)9(8)4-7/h2-4,6,17H,5H2,1H3,(H,13,14)(H,15,16)/t6-/m1/s1. The Morgan fingerprint density at radius 2 is 2.22 bits per heavy atom. The summed E-state index contributed by atoms with van der Waals surface area (Å²) in [7, 11) is -1.02. The first-order valence-corrected chi connectivity index (χ1v) is 5.45. The van der Waals surface area contributed by atoms with E-state index >= 15 is 0 Å². The lowest BCUT2D eigenvalue weighted by Gasteiger charge is -2.10. The van der Waals surface area contributed by atoms with Gasteiger partial charge in [-0.15, -0.1) is 0 Å². The van der Waals surface area contributed by atoms with Gasteiger partial charge in [0.2, 0.25) is 0 Å². The Labute approximate surface area is 104 Å². The highest BCUT2D eigenvalue weighted by molar-refractivity contribution is 6.61. The SMILES string of the molecule is C[C@@H](NC(=O)c1ccc2c(c1)B(O)OC2)C(=O)O. The maximum absolute atomic E-state index is 11.8. The number of carboxylic acid groups (broad SMARTS) is 1. The van der Waals surface area contributed by atoms with E-state index in [0.717, 1.165) is 5.56 Å². The van der Waals surface area contributed by atoms with Crippen molar-refractivity contribution < 1.29 is 24.4 Å². The van der Waals surface area contributed by atoms with Gasteiger partial charge in [0.25, 0.3) is 5.91 Å². The third-order valence-electron chi connectivity index (χ3n) is 2.79. The number of carboxylic acids is 1. The maximum atomic E-state index is 11.8. The van der Waals surface area contributed by atoms with Crippen LogP contribution in [-0.2, 0) is 16.1 Å². The molecule has 0 spiro atoms. The van der Waals surface area contributed by atoms with Gasteiger partial charge in [-0.1, -0.05) is 6.07 Å². The molecule has 1 aliphatic rings. The molecule has 2 rings (SSSR count). The molecule has 1 aromatic rings. The highest BCUT2D eigenvalue weighted by Gasteiger charge is 2.28. The Bertz CT molecular complexity index is 504. The Morgan fingerprint density at radius 3 is 2.89 bits per heavy atom. The minimum atomic E-state index is -1.10. The summed E-state index contributed by atoms with van der Waals surface area (Å²) < 4.78 is 5.01. The van der Waals surface area contributed by atoms with E-state index in [1.807, 2.05) is 0 Å². The van der Waals surface area contributed by atoms with Crippen LogP contribution in [0, 0.1) is 0 Å². The number of benzene rings is 1. The van der Waals surface area contributed by atoms with E-state index in [0.29, 0.717) is 17.6 Å². The fraction of sp³-hybridized carbons (Fsp3) is 0.273. The quantitative estimate of drug-likeness (QED) is 0.604. The number of nitrogens with one attached hydrogen (secondary N) is 1. The Balaban J connectivity index is 2.17. The minimum Gasteiger partial charge on any atom is -0.480 e. The summed E-state index contributed by atoms with van der Waals surface area (Å²) in [5, 5.41) is 20.6. The van der Waals surface area contributed by atoms with Gasteiger partial charge in [0, 0.05) is 5.56 Å². The largest absolute Gasteiger partial charge is 0.491 e. The molecule has 1 amide bonds. The van der Waals surface area contributed by atoms with E-state index in [-0.39, 0.29) is 0 Å². The normalized spacial score (nSPS) is 15.1. The molecule has 0 aliphatic carbocycles. The maximum Gasteiger partial charge on any atom is 0.491 e. The Hall–Kier alpha value is -1.86. The molecule has 0 bridgehead atoms. The number of carbonyl (C=O) groups is 2. The summed E-state index contributed by atoms with van der Waals surface area (Å²) in [6.45, 7) is 1.69. The summed E-state index contributed by atoms with van der Waals surface area (Å²) in [6, 6.07) is 3.80. The van der Waals surface area contributed by atoms with E-state index in [2.05, 4.69) is 5.32 Å². The first kappa shape index (κ1) is 12.6. The summed E-state index contributed by atoms with van der Waals surface area (Å²) in [5.74, 6) is -1.60. The van der Waals surface area contributed by atoms with Crippen LogP contribution in [0.15, 0.2) is 18.2 Å². The van der Waals surface area contributed by atoms with E-state index in [1.165, 1.54) is 13.0 Å². The number of amides is 1. The van der Waals surface area contributed by atoms with Gasteiger partial charge in [0.15, 0.2) is 0 Å². The fourth-order valence-electron chi connectivity index (χ4n) is 1.70. The third-order valence-corrected chi connectivity index (χ3v) is 2.79. The van der Waals surface area contributed by atoms with Crippen molar-refractivity contribution in [3.05, 3.63) is 29.3 Å². The highest BCUT2D eigenvalue weighted by atomic mass is 16.5. The van der Waals surface area contributed by atoms with Crippen LogP contribution in [0.2, 0.25) is 0 Å². The molecule has 0 fully saturated rings. The van der Waals surface area contributed by atoms with E-state index in [4.69, 9.17) is 9.76 Å². The monoisotopic (exact) mass is 249 g/mol. The second kappa shape index (κ2) is 4.79. The lowest BCUT2D eigenvalue weighted by Crippen LogP contribution is -2.39. The van der Waals surface area contributed by atoms with Crippen LogP contribution in [0.4, 0.5) is 0 Å². The molecule has 1 aliphatic heterocycles. The number of aliphatic carboxylic acids is 1. The van der Waals surface area contributed by atoms with Crippen LogP contribution in [0.5, 0.6) is 0 Å². The topological polar surface area (TPSA) is 95.9 Å². The minimum absolute atomic E-state index is 0.298. The molecule has 18 heavy (non-hydrogen) atoms. The third kappa shape index (κ3) is 2.37. The predicted octanol–water partition coefficient (Wildman–Crippen LogP) is -0.893. The van der Waals surface area contributed by atoms with Crippen molar-refractivity contribution in [2.75, 3.05) is 0 Å². The van der Waals surface area contributed by atoms with Gasteiger partial charge < -0.3 is 20.1 Å². The van der Waals surface area contributed by atoms with Crippen molar-refractivity contribution in [2.24, 2.45) is 0 Å². The number of hydrogen-bond acceptors (Lipinski definition) is 4. The average molecular weight is 249 g/mol. The van der Waals surface area contributed by atoms with Crippen molar-refractivity contribution in [1.82, 2.24) is 5.32 Å². The zero-order valence-electron chi connectivity index (χ0n) is 9.71. The average Bonchev–Trinajstić information content (AvgIpc) is 2.70. The molecule has 1 heterocycles. The first-order valence-electron chi connectivity index (χ1n) is 5.45. The Morgan fingerprint density at radius 1 is 1.50 bits per heavy atom. The highest BCUT2D eigenvalue weighted by Crippen LogP contribution is 2.11. The van der Waals surface area contributed by atoms with E-state index in [1.54, 1.807) is 12.1 Å². The van der Waals surface area contributed by atoms with Gasteiger partial charge in [-0.3, -0.25) is 9.59 Å². The first-order chi connectivity index (χ1) is 8.49. The number of rotatable bonds is 3. The molecule has 1 aromatic carbocycles. The zero-order valence-corrected chi connectivity index (χ0v) is 9.71. The molecule has 3 N–H and O–H groups in total. The zero-order chi connectivity index (χ0) is 13.3. The predicted molar refractivity (Wildman–Crippen MR) is 63.4 cm³/mol. The molecule has 1 atom stereocenters. The molecule has 0 radical (unpaired) electrons. The van der Waals surface area contributed by atoms with Gasteiger partial charge in [-0.25, -0.2) is 0 Å². The molecule has 0 aromatic heterocycles. The second-order valence-corrected chi connectivity index (χ2v) is 4.11. The van der Waals surface area contributed by atoms with Gasteiger partial charge in [-0.05, 0) is 30.1 Å². The van der Waals surface area contributed by atoms with Crippen molar-refractivity contribution in [2.45, 2.75) is 19.6 Å². The van der Waals surface area contributed by atoms with Crippen LogP contribution < -0.4 is 10.8 Å². The molecule has 94 valence electrons. The summed E-state index contributed by atoms with van der Waals surface area (Å²) >= 11 is 0. The molecule has 0 unspecified atom stereocenters. The Kier molecular flexibility index (Phi) is 3.35. The van der Waals surface area contributed by atoms with Crippen molar-refractivity contribution in [1.29, 1.82) is 0 Å². The molecule has 6 nitrogen and oxygen atoms in total. The number of fused-ring (bicyclic) bond motifs is 1. The van der Waals surface area contributed by atoms with Crippen LogP contribution in [-0.4, -0.2) is 35.2 Å². The number of carbonyl (C=O) groups excluding carboxylic acids is 1. The fourth-order valence-corrected chi connectivity index (χ4v) is 1.70. The molecular weight excluding hydrogens is 237 g/mol. The molecule has 0 saturated heterocycles. The molecule has 7 heteroatoms. The van der Waals surface area contributed by atoms with Crippen molar-refractivity contribution >= 4 is 24.5 Å². The summed E-state index contributed by atoms with van der Waals surface area (Å²) in [5.41, 5.74) is 1.67. The number of hydrogen-bond donors (Lipinski definition) is 3. The smallest absolute Gasteiger partial charge is 0.480 e. The van der Waals surface area contributed by atoms with Crippen LogP contribution in [0.3, 0.4) is 0 Å². The van der Waals surface area contributed by atoms with E-state index in [9.17, 15) is 14.6 Å². The van der Waals surface area contributed by atoms with Gasteiger partial charge >= 0.3 is 13.1 Å². The molecule has 0 saturated carbocycles. The molecular formula is C11H12BNO5. The van der Waals surface area contributed by atoms with Gasteiger partial charge in [-0.2, -0.15) is 0 Å². The van der Waals surface area contributed by atoms with Gasteiger partial charge in [0.05, 0.1) is 6.61 Å². The van der Waals surface area contributed by atoms with Gasteiger partial charge in [0.1, 0.15) is 6.04 Å². The van der Waals surface area contributed by atoms with Crippen molar-refractivity contribution in [3.8, 4) is 0 Å². The van der Waals surface area contributed by atoms with Crippen molar-refractivity contribution in [3.63, 3.8) is 0 Å². The lowest BCUT2D eigenvalue weighted by molar-refractivity contribution is -0.138. The van der Waals surface area contributed by atoms with Crippen LogP contribution >= 0.6 is 0 Å². The van der Waals surface area contributed by atoms with Crippen LogP contribution in [0.25, 0.3) is 0 Å². The van der Waals surface area contributed by atoms with Crippen LogP contribution in [0.1, 0.15) is 22.8 Å². The lowest BCUT2D eigenvalue weighted by atomic mass is 9.79.